The molecule has 0 spiro atoms. The van der Waals surface area contributed by atoms with Crippen LogP contribution in [-0.2, 0) is 9.59 Å². The summed E-state index contributed by atoms with van der Waals surface area (Å²) in [5, 5.41) is 2.77. The summed E-state index contributed by atoms with van der Waals surface area (Å²) in [6, 6.07) is 0.882. The number of piperazine rings is 1. The Hall–Kier alpha value is -1.78. The molecular formula is C15H22N2O3. The van der Waals surface area contributed by atoms with Gasteiger partial charge in [0.2, 0.25) is 11.8 Å². The number of hydrogen-bond donors (Lipinski definition) is 1. The van der Waals surface area contributed by atoms with Gasteiger partial charge in [-0.1, -0.05) is 6.92 Å². The van der Waals surface area contributed by atoms with Crippen LogP contribution in [0.4, 0.5) is 0 Å². The van der Waals surface area contributed by atoms with Crippen molar-refractivity contribution >= 4 is 11.8 Å². The van der Waals surface area contributed by atoms with E-state index in [1.165, 1.54) is 0 Å². The van der Waals surface area contributed by atoms with Crippen molar-refractivity contribution in [1.82, 2.24) is 10.2 Å². The summed E-state index contributed by atoms with van der Waals surface area (Å²) < 4.78 is 5.54. The van der Waals surface area contributed by atoms with Gasteiger partial charge in [0.05, 0.1) is 6.04 Å². The fourth-order valence-corrected chi connectivity index (χ4v) is 2.87. The minimum Gasteiger partial charge on any atom is -0.466 e. The lowest BCUT2D eigenvalue weighted by atomic mass is 10.00. The Morgan fingerprint density at radius 1 is 1.40 bits per heavy atom. The number of furan rings is 1. The van der Waals surface area contributed by atoms with Crippen LogP contribution in [-0.4, -0.2) is 28.8 Å². The van der Waals surface area contributed by atoms with Crippen LogP contribution in [0.5, 0.6) is 0 Å². The Morgan fingerprint density at radius 3 is 2.55 bits per heavy atom. The molecule has 5 nitrogen and oxygen atoms in total. The van der Waals surface area contributed by atoms with Gasteiger partial charge >= 0.3 is 0 Å². The molecule has 20 heavy (non-hydrogen) atoms. The van der Waals surface area contributed by atoms with Gasteiger partial charge in [-0.2, -0.15) is 0 Å². The van der Waals surface area contributed by atoms with Crippen molar-refractivity contribution in [3.63, 3.8) is 0 Å². The highest BCUT2D eigenvalue weighted by atomic mass is 16.3. The summed E-state index contributed by atoms with van der Waals surface area (Å²) >= 11 is 0. The number of carbonyl (C=O) groups is 2. The molecule has 0 aromatic carbocycles. The predicted octanol–water partition coefficient (Wildman–Crippen LogP) is 2.08. The molecule has 1 aliphatic heterocycles. The summed E-state index contributed by atoms with van der Waals surface area (Å²) in [5.41, 5.74) is 0.965. The zero-order valence-corrected chi connectivity index (χ0v) is 12.7. The van der Waals surface area contributed by atoms with E-state index >= 15 is 0 Å². The molecular weight excluding hydrogens is 256 g/mol. The second-order valence-corrected chi connectivity index (χ2v) is 5.44. The summed E-state index contributed by atoms with van der Waals surface area (Å²) in [4.78, 5) is 26.2. The van der Waals surface area contributed by atoms with Crippen molar-refractivity contribution in [3.8, 4) is 0 Å². The highest BCUT2D eigenvalue weighted by Crippen LogP contribution is 2.30. The summed E-state index contributed by atoms with van der Waals surface area (Å²) in [6.07, 6.45) is 0.601. The zero-order chi connectivity index (χ0) is 15.0. The van der Waals surface area contributed by atoms with E-state index in [4.69, 9.17) is 4.42 Å². The standard InChI is InChI=1S/C15H22N2O3/c1-6-13-15(19)17(10(4)14(18)16-13)9(3)12-7-8(2)20-11(12)5/h7,9-10,13H,6H2,1-5H3,(H,16,18). The summed E-state index contributed by atoms with van der Waals surface area (Å²) in [6.45, 7) is 9.37. The molecule has 1 aromatic rings. The van der Waals surface area contributed by atoms with Crippen molar-refractivity contribution in [2.24, 2.45) is 0 Å². The van der Waals surface area contributed by atoms with Gasteiger partial charge in [0.25, 0.3) is 0 Å². The SMILES string of the molecule is CCC1NC(=O)C(C)N(C(C)c2cc(C)oc2C)C1=O. The largest absolute Gasteiger partial charge is 0.466 e. The van der Waals surface area contributed by atoms with E-state index in [-0.39, 0.29) is 17.9 Å². The van der Waals surface area contributed by atoms with E-state index < -0.39 is 12.1 Å². The maximum atomic E-state index is 12.5. The summed E-state index contributed by atoms with van der Waals surface area (Å²) in [7, 11) is 0. The number of nitrogens with zero attached hydrogens (tertiary/aromatic N) is 1. The van der Waals surface area contributed by atoms with Gasteiger partial charge in [-0.15, -0.1) is 0 Å². The minimum absolute atomic E-state index is 0.0228. The number of rotatable bonds is 3. The number of carbonyl (C=O) groups excluding carboxylic acids is 2. The average Bonchev–Trinajstić information content (AvgIpc) is 2.73. The minimum atomic E-state index is -0.463. The van der Waals surface area contributed by atoms with E-state index in [0.717, 1.165) is 17.1 Å². The van der Waals surface area contributed by atoms with Crippen LogP contribution < -0.4 is 5.32 Å². The monoisotopic (exact) mass is 278 g/mol. The molecule has 1 aromatic heterocycles. The highest BCUT2D eigenvalue weighted by molar-refractivity contribution is 5.96. The van der Waals surface area contributed by atoms with Crippen LogP contribution in [0, 0.1) is 13.8 Å². The van der Waals surface area contributed by atoms with Crippen LogP contribution >= 0.6 is 0 Å². The Labute approximate surface area is 119 Å². The quantitative estimate of drug-likeness (QED) is 0.920. The first-order valence-electron chi connectivity index (χ1n) is 7.06. The second kappa shape index (κ2) is 5.31. The Kier molecular flexibility index (Phi) is 3.88. The van der Waals surface area contributed by atoms with Crippen LogP contribution in [0.1, 0.15) is 50.3 Å². The topological polar surface area (TPSA) is 62.6 Å². The van der Waals surface area contributed by atoms with E-state index in [9.17, 15) is 9.59 Å². The van der Waals surface area contributed by atoms with E-state index in [1.54, 1.807) is 11.8 Å². The van der Waals surface area contributed by atoms with Crippen LogP contribution in [0.3, 0.4) is 0 Å². The van der Waals surface area contributed by atoms with Gasteiger partial charge in [0.1, 0.15) is 23.6 Å². The molecule has 3 unspecified atom stereocenters. The van der Waals surface area contributed by atoms with Crippen molar-refractivity contribution in [2.45, 2.75) is 59.2 Å². The maximum Gasteiger partial charge on any atom is 0.246 e. The third-order valence-electron chi connectivity index (χ3n) is 4.02. The average molecular weight is 278 g/mol. The fraction of sp³-hybridized carbons (Fsp3) is 0.600. The Bertz CT molecular complexity index is 535. The van der Waals surface area contributed by atoms with Crippen LogP contribution in [0.2, 0.25) is 0 Å². The van der Waals surface area contributed by atoms with Crippen LogP contribution in [0.25, 0.3) is 0 Å². The molecule has 1 aliphatic rings. The van der Waals surface area contributed by atoms with E-state index in [1.807, 2.05) is 33.8 Å². The van der Waals surface area contributed by atoms with Crippen molar-refractivity contribution in [2.75, 3.05) is 0 Å². The number of amides is 2. The third-order valence-corrected chi connectivity index (χ3v) is 4.02. The lowest BCUT2D eigenvalue weighted by Gasteiger charge is -2.40. The van der Waals surface area contributed by atoms with Gasteiger partial charge in [-0.05, 0) is 40.2 Å². The first kappa shape index (κ1) is 14.6. The van der Waals surface area contributed by atoms with E-state index in [2.05, 4.69) is 5.32 Å². The molecule has 0 aliphatic carbocycles. The summed E-state index contributed by atoms with van der Waals surface area (Å²) in [5.74, 6) is 1.50. The first-order chi connectivity index (χ1) is 9.36. The zero-order valence-electron chi connectivity index (χ0n) is 12.7. The molecule has 2 rings (SSSR count). The predicted molar refractivity (Wildman–Crippen MR) is 75.1 cm³/mol. The van der Waals surface area contributed by atoms with Gasteiger partial charge in [-0.25, -0.2) is 0 Å². The first-order valence-corrected chi connectivity index (χ1v) is 7.06. The number of hydrogen-bond acceptors (Lipinski definition) is 3. The van der Waals surface area contributed by atoms with Gasteiger partial charge in [0.15, 0.2) is 0 Å². The van der Waals surface area contributed by atoms with Crippen molar-refractivity contribution in [1.29, 1.82) is 0 Å². The lowest BCUT2D eigenvalue weighted by molar-refractivity contribution is -0.151. The molecule has 0 saturated carbocycles. The molecule has 0 radical (unpaired) electrons. The molecule has 5 heteroatoms. The van der Waals surface area contributed by atoms with Gasteiger partial charge < -0.3 is 14.6 Å². The van der Waals surface area contributed by atoms with E-state index in [0.29, 0.717) is 6.42 Å². The second-order valence-electron chi connectivity index (χ2n) is 5.44. The van der Waals surface area contributed by atoms with Crippen molar-refractivity contribution in [3.05, 3.63) is 23.2 Å². The van der Waals surface area contributed by atoms with Crippen molar-refractivity contribution < 1.29 is 14.0 Å². The number of aryl methyl sites for hydroxylation is 2. The molecule has 1 N–H and O–H groups in total. The molecule has 110 valence electrons. The molecule has 1 fully saturated rings. The molecule has 2 amide bonds. The van der Waals surface area contributed by atoms with Gasteiger partial charge in [-0.3, -0.25) is 9.59 Å². The van der Waals surface area contributed by atoms with Gasteiger partial charge in [0, 0.05) is 5.56 Å². The fourth-order valence-electron chi connectivity index (χ4n) is 2.87. The van der Waals surface area contributed by atoms with Crippen LogP contribution in [0.15, 0.2) is 10.5 Å². The maximum absolute atomic E-state index is 12.5. The Morgan fingerprint density at radius 2 is 2.05 bits per heavy atom. The lowest BCUT2D eigenvalue weighted by Crippen LogP contribution is -2.62. The third kappa shape index (κ3) is 2.32. The molecule has 0 bridgehead atoms. The highest BCUT2D eigenvalue weighted by Gasteiger charge is 2.40. The normalized spacial score (nSPS) is 24.8. The molecule has 2 heterocycles. The Balaban J connectivity index is 2.35. The number of nitrogens with one attached hydrogen (secondary N) is 1. The smallest absolute Gasteiger partial charge is 0.246 e. The molecule has 3 atom stereocenters. The molecule has 1 saturated heterocycles.